The number of phenolic OH excluding ortho intramolecular Hbond substituents is 1. The molecule has 2 aromatic rings. The molecule has 2 rings (SSSR count). The number of aromatic nitrogens is 1. The summed E-state index contributed by atoms with van der Waals surface area (Å²) >= 11 is 5.96. The van der Waals surface area contributed by atoms with Crippen molar-refractivity contribution in [3.05, 3.63) is 53.3 Å². The van der Waals surface area contributed by atoms with Crippen LogP contribution in [0.5, 0.6) is 5.75 Å². The van der Waals surface area contributed by atoms with Crippen molar-refractivity contribution in [2.75, 3.05) is 5.32 Å². The molecule has 19 heavy (non-hydrogen) atoms. The molecule has 0 spiro atoms. The second-order valence-electron chi connectivity index (χ2n) is 4.21. The van der Waals surface area contributed by atoms with E-state index in [0.29, 0.717) is 10.7 Å². The molecular weight excluding hydrogens is 264 g/mol. The summed E-state index contributed by atoms with van der Waals surface area (Å²) in [5.74, 6) is -0.222. The lowest BCUT2D eigenvalue weighted by Crippen LogP contribution is -2.39. The van der Waals surface area contributed by atoms with Gasteiger partial charge in [-0.15, -0.1) is 0 Å². The summed E-state index contributed by atoms with van der Waals surface area (Å²) in [5.41, 5.74) is 1.08. The van der Waals surface area contributed by atoms with E-state index in [4.69, 9.17) is 11.6 Å². The SMILES string of the molecule is Cc1cc(O)c(NC(=O)C[n+]2ccccc2)cc1Cl. The predicted molar refractivity (Wildman–Crippen MR) is 73.1 cm³/mol. The van der Waals surface area contributed by atoms with E-state index in [1.54, 1.807) is 30.0 Å². The van der Waals surface area contributed by atoms with Gasteiger partial charge in [0.2, 0.25) is 6.54 Å². The molecule has 98 valence electrons. The minimum atomic E-state index is -0.230. The highest BCUT2D eigenvalue weighted by atomic mass is 35.5. The normalized spacial score (nSPS) is 10.2. The number of carbonyl (C=O) groups is 1. The standard InChI is InChI=1S/C14H13ClN2O2/c1-10-7-13(18)12(8-11(10)15)16-14(19)9-17-5-3-2-4-6-17/h2-8H,9H2,1H3,(H-,16,18,19)/p+1. The van der Waals surface area contributed by atoms with Gasteiger partial charge in [0.25, 0.3) is 5.91 Å². The summed E-state index contributed by atoms with van der Waals surface area (Å²) < 4.78 is 1.74. The lowest BCUT2D eigenvalue weighted by atomic mass is 10.2. The maximum atomic E-state index is 11.8. The van der Waals surface area contributed by atoms with Gasteiger partial charge < -0.3 is 10.4 Å². The third kappa shape index (κ3) is 3.45. The number of carbonyl (C=O) groups excluding carboxylic acids is 1. The minimum Gasteiger partial charge on any atom is -0.506 e. The molecule has 0 aliphatic heterocycles. The Morgan fingerprint density at radius 3 is 2.68 bits per heavy atom. The number of hydrogen-bond acceptors (Lipinski definition) is 2. The average molecular weight is 278 g/mol. The van der Waals surface area contributed by atoms with Gasteiger partial charge in [-0.2, -0.15) is 4.57 Å². The zero-order valence-electron chi connectivity index (χ0n) is 10.4. The van der Waals surface area contributed by atoms with Crippen molar-refractivity contribution in [1.29, 1.82) is 0 Å². The van der Waals surface area contributed by atoms with Crippen LogP contribution >= 0.6 is 11.6 Å². The Hall–Kier alpha value is -2.07. The van der Waals surface area contributed by atoms with Crippen molar-refractivity contribution in [3.8, 4) is 5.75 Å². The zero-order valence-corrected chi connectivity index (χ0v) is 11.2. The van der Waals surface area contributed by atoms with Crippen LogP contribution in [0.25, 0.3) is 0 Å². The van der Waals surface area contributed by atoms with Crippen LogP contribution in [0.2, 0.25) is 5.02 Å². The number of aromatic hydroxyl groups is 1. The van der Waals surface area contributed by atoms with Gasteiger partial charge in [0.05, 0.1) is 5.69 Å². The van der Waals surface area contributed by atoms with E-state index in [0.717, 1.165) is 5.56 Å². The Morgan fingerprint density at radius 2 is 2.00 bits per heavy atom. The first-order valence-corrected chi connectivity index (χ1v) is 6.17. The molecule has 4 nitrogen and oxygen atoms in total. The average Bonchev–Trinajstić information content (AvgIpc) is 2.37. The molecule has 5 heteroatoms. The Balaban J connectivity index is 2.09. The fourth-order valence-electron chi connectivity index (χ4n) is 1.66. The Bertz CT molecular complexity index is 600. The predicted octanol–water partition coefficient (Wildman–Crippen LogP) is 2.28. The van der Waals surface area contributed by atoms with Crippen molar-refractivity contribution in [2.45, 2.75) is 13.5 Å². The highest BCUT2D eigenvalue weighted by Crippen LogP contribution is 2.29. The van der Waals surface area contributed by atoms with E-state index in [1.807, 2.05) is 18.2 Å². The number of nitrogens with zero attached hydrogens (tertiary/aromatic N) is 1. The molecule has 0 saturated carbocycles. The maximum absolute atomic E-state index is 11.8. The minimum absolute atomic E-state index is 0.00770. The molecule has 0 saturated heterocycles. The van der Waals surface area contributed by atoms with Crippen molar-refractivity contribution >= 4 is 23.2 Å². The second kappa shape index (κ2) is 5.71. The third-order valence-electron chi connectivity index (χ3n) is 2.65. The number of pyridine rings is 1. The summed E-state index contributed by atoms with van der Waals surface area (Å²) in [6, 6.07) is 8.62. The van der Waals surface area contributed by atoms with Gasteiger partial charge in [0.1, 0.15) is 5.75 Å². The smallest absolute Gasteiger partial charge is 0.290 e. The van der Waals surface area contributed by atoms with E-state index in [9.17, 15) is 9.90 Å². The van der Waals surface area contributed by atoms with Crippen LogP contribution in [0.15, 0.2) is 42.7 Å². The van der Waals surface area contributed by atoms with Gasteiger partial charge in [-0.25, -0.2) is 0 Å². The van der Waals surface area contributed by atoms with Crippen molar-refractivity contribution < 1.29 is 14.5 Å². The summed E-state index contributed by atoms with van der Waals surface area (Å²) in [4.78, 5) is 11.8. The number of rotatable bonds is 3. The van der Waals surface area contributed by atoms with Crippen LogP contribution in [0.4, 0.5) is 5.69 Å². The first-order valence-electron chi connectivity index (χ1n) is 5.79. The van der Waals surface area contributed by atoms with Crippen LogP contribution in [-0.4, -0.2) is 11.0 Å². The Labute approximate surface area is 116 Å². The maximum Gasteiger partial charge on any atom is 0.290 e. The fourth-order valence-corrected chi connectivity index (χ4v) is 1.83. The molecule has 0 radical (unpaired) electrons. The monoisotopic (exact) mass is 277 g/mol. The lowest BCUT2D eigenvalue weighted by molar-refractivity contribution is -0.684. The van der Waals surface area contributed by atoms with E-state index in [1.165, 1.54) is 6.07 Å². The molecule has 0 bridgehead atoms. The molecule has 0 unspecified atom stereocenters. The number of phenols is 1. The molecule has 0 atom stereocenters. The number of benzene rings is 1. The molecule has 1 amide bonds. The van der Waals surface area contributed by atoms with Gasteiger partial charge >= 0.3 is 0 Å². The number of hydrogen-bond donors (Lipinski definition) is 2. The number of aryl methyl sites for hydroxylation is 1. The van der Waals surface area contributed by atoms with E-state index in [2.05, 4.69) is 5.32 Å². The van der Waals surface area contributed by atoms with Gasteiger partial charge in [0, 0.05) is 17.2 Å². The fraction of sp³-hybridized carbons (Fsp3) is 0.143. The molecule has 1 aromatic heterocycles. The highest BCUT2D eigenvalue weighted by Gasteiger charge is 2.12. The van der Waals surface area contributed by atoms with Gasteiger partial charge in [-0.05, 0) is 24.6 Å². The molecule has 0 fully saturated rings. The van der Waals surface area contributed by atoms with Gasteiger partial charge in [0.15, 0.2) is 12.4 Å². The summed E-state index contributed by atoms with van der Waals surface area (Å²) in [6.45, 7) is 1.96. The van der Waals surface area contributed by atoms with E-state index in [-0.39, 0.29) is 18.2 Å². The van der Waals surface area contributed by atoms with Crippen LogP contribution in [0, 0.1) is 6.92 Å². The number of nitrogens with one attached hydrogen (secondary N) is 1. The number of anilines is 1. The quantitative estimate of drug-likeness (QED) is 0.668. The molecule has 0 aliphatic carbocycles. The molecule has 2 N–H and O–H groups in total. The number of halogens is 1. The van der Waals surface area contributed by atoms with Crippen molar-refractivity contribution in [2.24, 2.45) is 0 Å². The van der Waals surface area contributed by atoms with Crippen LogP contribution in [0.1, 0.15) is 5.56 Å². The van der Waals surface area contributed by atoms with Crippen LogP contribution in [-0.2, 0) is 11.3 Å². The summed E-state index contributed by atoms with van der Waals surface area (Å²) in [7, 11) is 0. The van der Waals surface area contributed by atoms with Crippen molar-refractivity contribution in [1.82, 2.24) is 0 Å². The molecule has 1 heterocycles. The third-order valence-corrected chi connectivity index (χ3v) is 3.06. The first-order chi connectivity index (χ1) is 9.06. The molecule has 1 aromatic carbocycles. The largest absolute Gasteiger partial charge is 0.506 e. The van der Waals surface area contributed by atoms with E-state index >= 15 is 0 Å². The first kappa shape index (κ1) is 13.4. The Morgan fingerprint density at radius 1 is 1.32 bits per heavy atom. The second-order valence-corrected chi connectivity index (χ2v) is 4.62. The summed E-state index contributed by atoms with van der Waals surface area (Å²) in [6.07, 6.45) is 3.59. The Kier molecular flexibility index (Phi) is 4.02. The van der Waals surface area contributed by atoms with Gasteiger partial charge in [-0.3, -0.25) is 4.79 Å². The van der Waals surface area contributed by atoms with Crippen LogP contribution in [0.3, 0.4) is 0 Å². The topological polar surface area (TPSA) is 53.2 Å². The zero-order chi connectivity index (χ0) is 13.8. The van der Waals surface area contributed by atoms with Gasteiger partial charge in [-0.1, -0.05) is 17.7 Å². The summed E-state index contributed by atoms with van der Waals surface area (Å²) in [5, 5.41) is 12.9. The lowest BCUT2D eigenvalue weighted by Gasteiger charge is -2.08. The molecule has 0 aliphatic rings. The molecular formula is C14H14ClN2O2+. The number of amides is 1. The van der Waals surface area contributed by atoms with Crippen molar-refractivity contribution in [3.63, 3.8) is 0 Å². The highest BCUT2D eigenvalue weighted by molar-refractivity contribution is 6.31. The van der Waals surface area contributed by atoms with E-state index < -0.39 is 0 Å². The van der Waals surface area contributed by atoms with Crippen LogP contribution < -0.4 is 9.88 Å².